The van der Waals surface area contributed by atoms with E-state index in [2.05, 4.69) is 26.3 Å². The van der Waals surface area contributed by atoms with Crippen LogP contribution in [0.5, 0.6) is 0 Å². The number of nitrogens with one attached hydrogen (secondary N) is 3. The molecule has 204 valence electrons. The largest absolute Gasteiger partial charge is 0.389 e. The minimum atomic E-state index is -0.568. The van der Waals surface area contributed by atoms with E-state index in [4.69, 9.17) is 0 Å². The number of nitrogens with zero attached hydrogens (tertiary/aromatic N) is 3. The van der Waals surface area contributed by atoms with Crippen molar-refractivity contribution in [1.29, 1.82) is 0 Å². The molecule has 39 heavy (non-hydrogen) atoms. The van der Waals surface area contributed by atoms with E-state index in [0.717, 1.165) is 53.1 Å². The van der Waals surface area contributed by atoms with Crippen molar-refractivity contribution in [2.45, 2.75) is 51.6 Å². The Labute approximate surface area is 232 Å². The van der Waals surface area contributed by atoms with Gasteiger partial charge in [0.25, 0.3) is 0 Å². The standard InChI is InChI=1S/C29H34N6O3S/c1-20(36)23-12-8-11-22(17-23)19-26(37)30-25-16-15-24(34-35(25)2)13-6-7-14-28-32-33-29(39-28)31-27(38)18-21-9-4-3-5-10-21/h3-5,8-12,15-17,20,34,36H,6-7,13-14,18-19H2,1-2H3,(H,30,37)(H,31,33,38). The van der Waals surface area contributed by atoms with Crippen LogP contribution in [-0.4, -0.2) is 39.2 Å². The number of carbonyl (C=O) groups is 2. The average molecular weight is 547 g/mol. The van der Waals surface area contributed by atoms with Crippen LogP contribution in [0, 0.1) is 0 Å². The fraction of sp³-hybridized carbons (Fsp3) is 0.310. The van der Waals surface area contributed by atoms with E-state index in [0.29, 0.717) is 17.4 Å². The number of benzene rings is 2. The Hall–Kier alpha value is -4.02. The lowest BCUT2D eigenvalue weighted by Crippen LogP contribution is -2.42. The lowest BCUT2D eigenvalue weighted by molar-refractivity contribution is -0.120. The van der Waals surface area contributed by atoms with Crippen LogP contribution in [0.1, 0.15) is 54.0 Å². The molecule has 2 amide bonds. The third-order valence-corrected chi connectivity index (χ3v) is 7.09. The number of hydrogen-bond donors (Lipinski definition) is 4. The molecule has 0 fully saturated rings. The minimum Gasteiger partial charge on any atom is -0.389 e. The van der Waals surface area contributed by atoms with E-state index in [9.17, 15) is 14.7 Å². The third-order valence-electron chi connectivity index (χ3n) is 6.19. The highest BCUT2D eigenvalue weighted by Gasteiger charge is 2.15. The fourth-order valence-corrected chi connectivity index (χ4v) is 4.94. The molecular formula is C29H34N6O3S. The van der Waals surface area contributed by atoms with Gasteiger partial charge in [0.2, 0.25) is 16.9 Å². The maximum atomic E-state index is 12.6. The summed E-state index contributed by atoms with van der Waals surface area (Å²) in [6.45, 7) is 1.71. The van der Waals surface area contributed by atoms with E-state index in [-0.39, 0.29) is 18.2 Å². The number of unbranched alkanes of at least 4 members (excludes halogenated alkanes) is 1. The predicted molar refractivity (Wildman–Crippen MR) is 152 cm³/mol. The summed E-state index contributed by atoms with van der Waals surface area (Å²) in [5.74, 6) is 0.450. The summed E-state index contributed by atoms with van der Waals surface area (Å²) in [4.78, 5) is 24.8. The zero-order valence-electron chi connectivity index (χ0n) is 22.2. The number of allylic oxidation sites excluding steroid dienone is 3. The number of amides is 2. The van der Waals surface area contributed by atoms with Gasteiger partial charge in [-0.2, -0.15) is 0 Å². The van der Waals surface area contributed by atoms with Crippen molar-refractivity contribution in [2.24, 2.45) is 0 Å². The van der Waals surface area contributed by atoms with Gasteiger partial charge >= 0.3 is 0 Å². The zero-order chi connectivity index (χ0) is 27.6. The van der Waals surface area contributed by atoms with Gasteiger partial charge in [0, 0.05) is 19.2 Å². The van der Waals surface area contributed by atoms with E-state index in [1.54, 1.807) is 11.9 Å². The lowest BCUT2D eigenvalue weighted by atomic mass is 10.0. The second-order valence-corrected chi connectivity index (χ2v) is 10.5. The molecule has 0 bridgehead atoms. The Balaban J connectivity index is 1.18. The van der Waals surface area contributed by atoms with Crippen LogP contribution in [0.2, 0.25) is 0 Å². The smallest absolute Gasteiger partial charge is 0.230 e. The van der Waals surface area contributed by atoms with Crippen LogP contribution in [-0.2, 0) is 28.9 Å². The molecule has 0 saturated carbocycles. The van der Waals surface area contributed by atoms with E-state index < -0.39 is 6.10 Å². The molecule has 0 aliphatic carbocycles. The van der Waals surface area contributed by atoms with Crippen LogP contribution in [0.4, 0.5) is 5.13 Å². The highest BCUT2D eigenvalue weighted by Crippen LogP contribution is 2.19. The van der Waals surface area contributed by atoms with Gasteiger partial charge in [-0.1, -0.05) is 65.9 Å². The SMILES string of the molecule is CC(O)c1cccc(CC(=O)NC2=CC=C(CCCCc3nnc(NC(=O)Cc4ccccc4)s3)NN2C)c1. The van der Waals surface area contributed by atoms with E-state index >= 15 is 0 Å². The first kappa shape index (κ1) is 28.0. The van der Waals surface area contributed by atoms with Crippen molar-refractivity contribution >= 4 is 28.3 Å². The predicted octanol–water partition coefficient (Wildman–Crippen LogP) is 4.02. The molecule has 1 unspecified atom stereocenters. The fourth-order valence-electron chi connectivity index (χ4n) is 4.15. The molecule has 0 saturated heterocycles. The number of aromatic nitrogens is 2. The van der Waals surface area contributed by atoms with Crippen molar-refractivity contribution in [2.75, 3.05) is 12.4 Å². The Bertz CT molecular complexity index is 1340. The van der Waals surface area contributed by atoms with Crippen LogP contribution in [0.25, 0.3) is 0 Å². The molecule has 4 N–H and O–H groups in total. The topological polar surface area (TPSA) is 119 Å². The molecule has 1 atom stereocenters. The van der Waals surface area contributed by atoms with E-state index in [1.807, 2.05) is 73.8 Å². The molecule has 0 spiro atoms. The molecule has 1 aliphatic rings. The molecule has 3 aromatic rings. The quantitative estimate of drug-likeness (QED) is 0.253. The van der Waals surface area contributed by atoms with Crippen molar-refractivity contribution in [1.82, 2.24) is 25.9 Å². The summed E-state index contributed by atoms with van der Waals surface area (Å²) in [5.41, 5.74) is 6.97. The Morgan fingerprint density at radius 2 is 1.67 bits per heavy atom. The normalized spacial score (nSPS) is 13.7. The monoisotopic (exact) mass is 546 g/mol. The molecule has 4 rings (SSSR count). The molecule has 1 aliphatic heterocycles. The summed E-state index contributed by atoms with van der Waals surface area (Å²) in [6.07, 6.45) is 7.39. The summed E-state index contributed by atoms with van der Waals surface area (Å²) in [6, 6.07) is 17.0. The Morgan fingerprint density at radius 3 is 2.44 bits per heavy atom. The second-order valence-electron chi connectivity index (χ2n) is 9.48. The first-order chi connectivity index (χ1) is 18.9. The number of aryl methyl sites for hydroxylation is 1. The van der Waals surface area contributed by atoms with Crippen molar-refractivity contribution in [3.05, 3.63) is 100.0 Å². The number of aliphatic hydroxyl groups excluding tert-OH is 1. The Morgan fingerprint density at radius 1 is 0.949 bits per heavy atom. The van der Waals surface area contributed by atoms with Gasteiger partial charge in [0.05, 0.1) is 18.9 Å². The number of hydrazine groups is 1. The van der Waals surface area contributed by atoms with Crippen molar-refractivity contribution in [3.8, 4) is 0 Å². The molecule has 0 radical (unpaired) electrons. The van der Waals surface area contributed by atoms with Crippen LogP contribution < -0.4 is 16.1 Å². The van der Waals surface area contributed by atoms with Crippen molar-refractivity contribution < 1.29 is 14.7 Å². The summed E-state index contributed by atoms with van der Waals surface area (Å²) >= 11 is 1.41. The van der Waals surface area contributed by atoms with Gasteiger partial charge in [-0.15, -0.1) is 10.2 Å². The first-order valence-electron chi connectivity index (χ1n) is 13.0. The molecule has 2 heterocycles. The maximum Gasteiger partial charge on any atom is 0.230 e. The average Bonchev–Trinajstić information content (AvgIpc) is 3.35. The van der Waals surface area contributed by atoms with E-state index in [1.165, 1.54) is 11.3 Å². The number of carbonyl (C=O) groups excluding carboxylic acids is 2. The third kappa shape index (κ3) is 8.76. The van der Waals surface area contributed by atoms with Gasteiger partial charge in [0.15, 0.2) is 0 Å². The zero-order valence-corrected chi connectivity index (χ0v) is 23.0. The Kier molecular flexibility index (Phi) is 9.82. The van der Waals surface area contributed by atoms with Crippen LogP contribution in [0.3, 0.4) is 0 Å². The van der Waals surface area contributed by atoms with Crippen LogP contribution in [0.15, 0.2) is 78.3 Å². The highest BCUT2D eigenvalue weighted by atomic mass is 32.1. The first-order valence-corrected chi connectivity index (χ1v) is 13.8. The molecule has 1 aromatic heterocycles. The summed E-state index contributed by atoms with van der Waals surface area (Å²) in [7, 11) is 1.86. The molecule has 9 nitrogen and oxygen atoms in total. The second kappa shape index (κ2) is 13.7. The van der Waals surface area contributed by atoms with Gasteiger partial charge in [-0.3, -0.25) is 14.6 Å². The van der Waals surface area contributed by atoms with Gasteiger partial charge in [-0.25, -0.2) is 0 Å². The van der Waals surface area contributed by atoms with Gasteiger partial charge < -0.3 is 21.2 Å². The number of rotatable bonds is 12. The summed E-state index contributed by atoms with van der Waals surface area (Å²) < 4.78 is 0. The molecule has 2 aromatic carbocycles. The molecular weight excluding hydrogens is 512 g/mol. The highest BCUT2D eigenvalue weighted by molar-refractivity contribution is 7.15. The summed E-state index contributed by atoms with van der Waals surface area (Å²) in [5, 5.41) is 27.1. The van der Waals surface area contributed by atoms with Crippen molar-refractivity contribution in [3.63, 3.8) is 0 Å². The molecule has 10 heteroatoms. The number of anilines is 1. The van der Waals surface area contributed by atoms with Crippen LogP contribution >= 0.6 is 11.3 Å². The number of aliphatic hydroxyl groups is 1. The minimum absolute atomic E-state index is 0.0996. The van der Waals surface area contributed by atoms with Gasteiger partial charge in [-0.05, 0) is 55.0 Å². The maximum absolute atomic E-state index is 12.6. The lowest BCUT2D eigenvalue weighted by Gasteiger charge is -2.29. The van der Waals surface area contributed by atoms with Gasteiger partial charge in [0.1, 0.15) is 10.8 Å². The number of hydrogen-bond acceptors (Lipinski definition) is 8.